The number of hydrogen-bond acceptors (Lipinski definition) is 8. The minimum atomic E-state index is -1.21. The molecule has 10 heteroatoms. The molecule has 0 radical (unpaired) electrons. The number of nitrogens with zero attached hydrogens (tertiary/aromatic N) is 3. The Morgan fingerprint density at radius 3 is 2.44 bits per heavy atom. The van der Waals surface area contributed by atoms with Crippen LogP contribution in [0.5, 0.6) is 5.75 Å². The van der Waals surface area contributed by atoms with Gasteiger partial charge in [-0.05, 0) is 69.6 Å². The summed E-state index contributed by atoms with van der Waals surface area (Å²) in [6.07, 6.45) is 3.05. The van der Waals surface area contributed by atoms with Gasteiger partial charge in [0, 0.05) is 19.5 Å². The van der Waals surface area contributed by atoms with E-state index in [0.29, 0.717) is 35.8 Å². The Bertz CT molecular complexity index is 993. The van der Waals surface area contributed by atoms with Gasteiger partial charge in [-0.15, -0.1) is 0 Å². The fourth-order valence-electron chi connectivity index (χ4n) is 4.24. The lowest BCUT2D eigenvalue weighted by Crippen LogP contribution is -2.38. The molecule has 2 heterocycles. The number of carboxylic acid groups (broad SMARTS) is 1. The van der Waals surface area contributed by atoms with Crippen LogP contribution in [0.15, 0.2) is 28.8 Å². The van der Waals surface area contributed by atoms with Crippen LogP contribution in [0.25, 0.3) is 0 Å². The van der Waals surface area contributed by atoms with Crippen molar-refractivity contribution in [1.29, 1.82) is 0 Å². The third kappa shape index (κ3) is 7.86. The van der Waals surface area contributed by atoms with Crippen LogP contribution in [0, 0.1) is 11.8 Å². The molecule has 10 nitrogen and oxygen atoms in total. The number of aryl methyl sites for hydroxylation is 1. The highest BCUT2D eigenvalue weighted by molar-refractivity contribution is 5.81. The third-order valence-corrected chi connectivity index (χ3v) is 6.35. The molecule has 1 fully saturated rings. The molecule has 1 aliphatic heterocycles. The molecule has 1 saturated heterocycles. The number of amides is 1. The molecule has 1 aliphatic rings. The summed E-state index contributed by atoms with van der Waals surface area (Å²) in [4.78, 5) is 30.3. The third-order valence-electron chi connectivity index (χ3n) is 6.35. The molecule has 1 aromatic heterocycles. The Morgan fingerprint density at radius 1 is 1.22 bits per heavy atom. The van der Waals surface area contributed by atoms with Crippen molar-refractivity contribution in [3.05, 3.63) is 35.7 Å². The van der Waals surface area contributed by atoms with Crippen molar-refractivity contribution in [1.82, 2.24) is 15.5 Å². The van der Waals surface area contributed by atoms with Crippen LogP contribution in [0.3, 0.4) is 0 Å². The number of ether oxygens (including phenoxy) is 2. The zero-order valence-corrected chi connectivity index (χ0v) is 21.8. The molecule has 198 valence electrons. The average molecular weight is 503 g/mol. The molecule has 2 aromatic rings. The second kappa shape index (κ2) is 12.1. The lowest BCUT2D eigenvalue weighted by Gasteiger charge is -2.33. The number of carboxylic acids is 1. The van der Waals surface area contributed by atoms with E-state index < -0.39 is 23.7 Å². The van der Waals surface area contributed by atoms with E-state index in [1.807, 2.05) is 6.92 Å². The van der Waals surface area contributed by atoms with E-state index in [0.717, 1.165) is 44.6 Å². The summed E-state index contributed by atoms with van der Waals surface area (Å²) in [6, 6.07) is 6.15. The highest BCUT2D eigenvalue weighted by Crippen LogP contribution is 2.29. The topological polar surface area (TPSA) is 127 Å². The van der Waals surface area contributed by atoms with Gasteiger partial charge in [0.05, 0.1) is 6.61 Å². The minimum absolute atomic E-state index is 0.438. The van der Waals surface area contributed by atoms with E-state index in [-0.39, 0.29) is 0 Å². The first-order chi connectivity index (χ1) is 17.1. The number of aliphatic carboxylic acids is 1. The summed E-state index contributed by atoms with van der Waals surface area (Å²) in [5, 5.41) is 15.9. The Hall–Kier alpha value is -3.30. The average Bonchev–Trinajstić information content (AvgIpc) is 3.31. The van der Waals surface area contributed by atoms with Gasteiger partial charge in [0.1, 0.15) is 11.4 Å². The predicted molar refractivity (Wildman–Crippen MR) is 134 cm³/mol. The molecule has 2 N–H and O–H groups in total. The SMILES string of the molecule is CCc1noc(N2CCC([C@H](C)CCOc3ccc([C@H](NC(=O)OC(C)(C)C)C(=O)O)cc3)CC2)n1. The van der Waals surface area contributed by atoms with Gasteiger partial charge in [-0.2, -0.15) is 4.98 Å². The number of carbonyl (C=O) groups is 2. The van der Waals surface area contributed by atoms with Crippen molar-refractivity contribution < 1.29 is 28.7 Å². The molecular weight excluding hydrogens is 464 g/mol. The van der Waals surface area contributed by atoms with E-state index in [9.17, 15) is 14.7 Å². The molecule has 0 saturated carbocycles. The van der Waals surface area contributed by atoms with Crippen molar-refractivity contribution >= 4 is 18.1 Å². The number of alkyl carbamates (subject to hydrolysis) is 1. The van der Waals surface area contributed by atoms with Crippen LogP contribution in [-0.4, -0.2) is 52.6 Å². The summed E-state index contributed by atoms with van der Waals surface area (Å²) < 4.78 is 16.4. The van der Waals surface area contributed by atoms with Crippen molar-refractivity contribution in [2.45, 2.75) is 71.9 Å². The van der Waals surface area contributed by atoms with Crippen molar-refractivity contribution in [3.8, 4) is 5.75 Å². The molecule has 1 amide bonds. The zero-order valence-electron chi connectivity index (χ0n) is 21.8. The maximum absolute atomic E-state index is 12.0. The zero-order chi connectivity index (χ0) is 26.3. The fraction of sp³-hybridized carbons (Fsp3) is 0.615. The monoisotopic (exact) mass is 502 g/mol. The maximum Gasteiger partial charge on any atom is 0.408 e. The van der Waals surface area contributed by atoms with Gasteiger partial charge in [0.25, 0.3) is 0 Å². The highest BCUT2D eigenvalue weighted by atomic mass is 16.6. The number of benzene rings is 1. The number of hydrogen-bond donors (Lipinski definition) is 2. The molecule has 3 rings (SSSR count). The van der Waals surface area contributed by atoms with E-state index >= 15 is 0 Å². The van der Waals surface area contributed by atoms with Crippen LogP contribution in [0.4, 0.5) is 10.8 Å². The molecule has 0 spiro atoms. The molecule has 0 aliphatic carbocycles. The summed E-state index contributed by atoms with van der Waals surface area (Å²) in [5.74, 6) is 1.35. The maximum atomic E-state index is 12.0. The largest absolute Gasteiger partial charge is 0.494 e. The van der Waals surface area contributed by atoms with Crippen LogP contribution in [0.2, 0.25) is 0 Å². The number of anilines is 1. The number of nitrogens with one attached hydrogen (secondary N) is 1. The highest BCUT2D eigenvalue weighted by Gasteiger charge is 2.27. The van der Waals surface area contributed by atoms with Gasteiger partial charge in [-0.1, -0.05) is 31.1 Å². The molecule has 0 bridgehead atoms. The Balaban J connectivity index is 1.43. The summed E-state index contributed by atoms with van der Waals surface area (Å²) in [7, 11) is 0. The summed E-state index contributed by atoms with van der Waals surface area (Å²) in [5.41, 5.74) is -0.278. The first-order valence-electron chi connectivity index (χ1n) is 12.6. The van der Waals surface area contributed by atoms with Crippen molar-refractivity contribution in [2.75, 3.05) is 24.6 Å². The summed E-state index contributed by atoms with van der Waals surface area (Å²) >= 11 is 0. The molecule has 1 aromatic carbocycles. The van der Waals surface area contributed by atoms with Crippen molar-refractivity contribution in [2.24, 2.45) is 11.8 Å². The quantitative estimate of drug-likeness (QED) is 0.479. The normalized spacial score (nSPS) is 16.3. The predicted octanol–water partition coefficient (Wildman–Crippen LogP) is 4.60. The van der Waals surface area contributed by atoms with Crippen molar-refractivity contribution in [3.63, 3.8) is 0 Å². The number of piperidine rings is 1. The van der Waals surface area contributed by atoms with Gasteiger partial charge >= 0.3 is 18.1 Å². The van der Waals surface area contributed by atoms with E-state index in [1.54, 1.807) is 45.0 Å². The van der Waals surface area contributed by atoms with Crippen LogP contribution in [0.1, 0.15) is 71.3 Å². The molecule has 2 atom stereocenters. The molecular formula is C26H38N4O6. The van der Waals surface area contributed by atoms with Gasteiger partial charge in [0.2, 0.25) is 0 Å². The van der Waals surface area contributed by atoms with Crippen LogP contribution < -0.4 is 15.0 Å². The second-order valence-electron chi connectivity index (χ2n) is 10.3. The standard InChI is InChI=1S/C26H38N4O6/c1-6-21-27-24(36-29-21)30-14-11-18(12-15-30)17(2)13-16-34-20-9-7-19(8-10-20)22(23(31)32)28-25(33)35-26(3,4)5/h7-10,17-18,22H,6,11-16H2,1-5H3,(H,28,33)(H,31,32)/t17-,22+/m1/s1. The second-order valence-corrected chi connectivity index (χ2v) is 10.3. The fourth-order valence-corrected chi connectivity index (χ4v) is 4.24. The van der Waals surface area contributed by atoms with Crippen LogP contribution in [-0.2, 0) is 16.0 Å². The minimum Gasteiger partial charge on any atom is -0.494 e. The lowest BCUT2D eigenvalue weighted by molar-refractivity contribution is -0.139. The Morgan fingerprint density at radius 2 is 1.89 bits per heavy atom. The van der Waals surface area contributed by atoms with Gasteiger partial charge in [-0.3, -0.25) is 0 Å². The van der Waals surface area contributed by atoms with Gasteiger partial charge < -0.3 is 29.3 Å². The number of carbonyl (C=O) groups excluding carboxylic acids is 1. The molecule has 0 unspecified atom stereocenters. The van der Waals surface area contributed by atoms with E-state index in [2.05, 4.69) is 27.3 Å². The van der Waals surface area contributed by atoms with Gasteiger partial charge in [0.15, 0.2) is 11.9 Å². The molecule has 36 heavy (non-hydrogen) atoms. The first-order valence-corrected chi connectivity index (χ1v) is 12.6. The number of rotatable bonds is 10. The van der Waals surface area contributed by atoms with E-state index in [4.69, 9.17) is 14.0 Å². The van der Waals surface area contributed by atoms with E-state index in [1.165, 1.54) is 0 Å². The Kier molecular flexibility index (Phi) is 9.17. The smallest absolute Gasteiger partial charge is 0.408 e. The van der Waals surface area contributed by atoms with Crippen LogP contribution >= 0.6 is 0 Å². The lowest BCUT2D eigenvalue weighted by atomic mass is 9.84. The van der Waals surface area contributed by atoms with Gasteiger partial charge in [-0.25, -0.2) is 9.59 Å². The Labute approximate surface area is 212 Å². The first kappa shape index (κ1) is 27.3. The summed E-state index contributed by atoms with van der Waals surface area (Å²) in [6.45, 7) is 11.8. The number of aromatic nitrogens is 2.